The molecule has 0 radical (unpaired) electrons. The molecule has 0 aliphatic heterocycles. The van der Waals surface area contributed by atoms with Gasteiger partial charge in [-0.3, -0.25) is 4.79 Å². The van der Waals surface area contributed by atoms with Crippen molar-refractivity contribution < 1.29 is 4.74 Å². The Morgan fingerprint density at radius 2 is 1.81 bits per heavy atom. The third-order valence-corrected chi connectivity index (χ3v) is 4.98. The lowest BCUT2D eigenvalue weighted by molar-refractivity contribution is 0.411. The Labute approximate surface area is 156 Å². The van der Waals surface area contributed by atoms with Crippen LogP contribution in [0.25, 0.3) is 22.3 Å². The fourth-order valence-corrected chi connectivity index (χ4v) is 3.63. The van der Waals surface area contributed by atoms with Crippen LogP contribution in [0.4, 0.5) is 0 Å². The fourth-order valence-electron chi connectivity index (χ4n) is 3.63. The number of methoxy groups -OCH3 is 1. The lowest BCUT2D eigenvalue weighted by Gasteiger charge is -2.14. The number of nitrogens with zero attached hydrogens (tertiary/aromatic N) is 4. The minimum Gasteiger partial charge on any atom is -0.496 e. The van der Waals surface area contributed by atoms with E-state index in [2.05, 4.69) is 14.6 Å². The molecule has 136 valence electrons. The van der Waals surface area contributed by atoms with Crippen LogP contribution in [0.2, 0.25) is 0 Å². The Hall–Kier alpha value is -3.41. The van der Waals surface area contributed by atoms with Gasteiger partial charge in [-0.2, -0.15) is 9.78 Å². The molecule has 0 unspecified atom stereocenters. The lowest BCUT2D eigenvalue weighted by Crippen LogP contribution is -2.21. The van der Waals surface area contributed by atoms with Crippen molar-refractivity contribution in [3.05, 3.63) is 76.1 Å². The zero-order chi connectivity index (χ0) is 19.1. The molecule has 27 heavy (non-hydrogen) atoms. The summed E-state index contributed by atoms with van der Waals surface area (Å²) < 4.78 is 8.90. The summed E-state index contributed by atoms with van der Waals surface area (Å²) in [5.74, 6) is 1.32. The van der Waals surface area contributed by atoms with Crippen LogP contribution in [0.15, 0.2) is 53.6 Å². The average Bonchev–Trinajstić information content (AvgIpc) is 2.94. The topological polar surface area (TPSA) is 61.9 Å². The van der Waals surface area contributed by atoms with E-state index in [0.29, 0.717) is 11.2 Å². The van der Waals surface area contributed by atoms with Gasteiger partial charge in [-0.15, -0.1) is 0 Å². The Morgan fingerprint density at radius 3 is 2.52 bits per heavy atom. The molecule has 6 nitrogen and oxygen atoms in total. The van der Waals surface area contributed by atoms with E-state index in [1.807, 2.05) is 51.1 Å². The summed E-state index contributed by atoms with van der Waals surface area (Å²) in [5.41, 5.74) is 3.67. The van der Waals surface area contributed by atoms with E-state index >= 15 is 0 Å². The molecule has 1 aromatic carbocycles. The van der Waals surface area contributed by atoms with E-state index in [1.165, 1.54) is 4.68 Å². The molecule has 3 aromatic heterocycles. The molecule has 0 spiro atoms. The average molecular weight is 360 g/mol. The van der Waals surface area contributed by atoms with Crippen LogP contribution in [-0.2, 0) is 0 Å². The van der Waals surface area contributed by atoms with Crippen molar-refractivity contribution >= 4 is 10.8 Å². The summed E-state index contributed by atoms with van der Waals surface area (Å²) in [4.78, 5) is 17.4. The predicted octanol–water partition coefficient (Wildman–Crippen LogP) is 3.51. The van der Waals surface area contributed by atoms with Gasteiger partial charge in [0.25, 0.3) is 5.56 Å². The van der Waals surface area contributed by atoms with Crippen molar-refractivity contribution in [2.24, 2.45) is 0 Å². The van der Waals surface area contributed by atoms with E-state index in [0.717, 1.165) is 33.8 Å². The Kier molecular flexibility index (Phi) is 4.03. The van der Waals surface area contributed by atoms with Crippen LogP contribution in [0.5, 0.6) is 5.75 Å². The van der Waals surface area contributed by atoms with Gasteiger partial charge in [0, 0.05) is 28.5 Å². The van der Waals surface area contributed by atoms with E-state index < -0.39 is 0 Å². The highest BCUT2D eigenvalue weighted by molar-refractivity contribution is 5.88. The molecular weight excluding hydrogens is 340 g/mol. The maximum Gasteiger partial charge on any atom is 0.282 e. The summed E-state index contributed by atoms with van der Waals surface area (Å²) in [5, 5.41) is 5.83. The second-order valence-electron chi connectivity index (χ2n) is 6.45. The largest absolute Gasteiger partial charge is 0.496 e. The number of rotatable bonds is 3. The Morgan fingerprint density at radius 1 is 1.00 bits per heavy atom. The molecule has 0 N–H and O–H groups in total. The highest BCUT2D eigenvalue weighted by atomic mass is 16.5. The molecule has 4 aromatic rings. The molecule has 0 saturated carbocycles. The zero-order valence-corrected chi connectivity index (χ0v) is 15.7. The van der Waals surface area contributed by atoms with Crippen LogP contribution >= 0.6 is 0 Å². The van der Waals surface area contributed by atoms with Crippen molar-refractivity contribution in [3.63, 3.8) is 0 Å². The third kappa shape index (κ3) is 2.52. The molecule has 0 aliphatic rings. The van der Waals surface area contributed by atoms with Gasteiger partial charge in [-0.1, -0.05) is 12.1 Å². The molecule has 6 heteroatoms. The van der Waals surface area contributed by atoms with Gasteiger partial charge in [-0.05, 0) is 45.0 Å². The smallest absolute Gasteiger partial charge is 0.282 e. The van der Waals surface area contributed by atoms with Crippen molar-refractivity contribution in [2.45, 2.75) is 20.8 Å². The SMILES string of the molecule is COc1cccc(-n2c(C)c3cnn(-c4ccccn4)c(=O)c3c2C)c1C. The van der Waals surface area contributed by atoms with E-state index in [4.69, 9.17) is 4.74 Å². The zero-order valence-electron chi connectivity index (χ0n) is 15.7. The van der Waals surface area contributed by atoms with E-state index in [-0.39, 0.29) is 5.56 Å². The first-order valence-corrected chi connectivity index (χ1v) is 8.70. The molecule has 0 fully saturated rings. The van der Waals surface area contributed by atoms with E-state index in [1.54, 1.807) is 25.6 Å². The first-order chi connectivity index (χ1) is 13.0. The summed E-state index contributed by atoms with van der Waals surface area (Å²) in [6.07, 6.45) is 3.39. The molecule has 0 aliphatic carbocycles. The van der Waals surface area contributed by atoms with Crippen LogP contribution in [0.3, 0.4) is 0 Å². The summed E-state index contributed by atoms with van der Waals surface area (Å²) in [6.45, 7) is 5.97. The molecular formula is C21H20N4O2. The van der Waals surface area contributed by atoms with Crippen molar-refractivity contribution in [1.82, 2.24) is 19.3 Å². The van der Waals surface area contributed by atoms with Gasteiger partial charge in [0.2, 0.25) is 0 Å². The monoisotopic (exact) mass is 360 g/mol. The fraction of sp³-hybridized carbons (Fsp3) is 0.190. The number of hydrogen-bond acceptors (Lipinski definition) is 4. The van der Waals surface area contributed by atoms with Crippen molar-refractivity contribution in [2.75, 3.05) is 7.11 Å². The standard InChI is InChI=1S/C21H20N4O2/c1-13-17(8-7-9-18(13)27-4)24-14(2)16-12-23-25(19-10-5-6-11-22-19)21(26)20(16)15(24)3/h5-12H,1-4H3. The number of ether oxygens (including phenoxy) is 1. The first kappa shape index (κ1) is 17.0. The van der Waals surface area contributed by atoms with Crippen molar-refractivity contribution in [1.29, 1.82) is 0 Å². The first-order valence-electron chi connectivity index (χ1n) is 8.70. The van der Waals surface area contributed by atoms with Crippen LogP contribution in [-0.4, -0.2) is 26.4 Å². The van der Waals surface area contributed by atoms with Gasteiger partial charge in [0.1, 0.15) is 5.75 Å². The normalized spacial score (nSPS) is 11.1. The van der Waals surface area contributed by atoms with Gasteiger partial charge in [0.15, 0.2) is 5.82 Å². The molecule has 4 rings (SSSR count). The van der Waals surface area contributed by atoms with Gasteiger partial charge >= 0.3 is 0 Å². The van der Waals surface area contributed by atoms with Crippen LogP contribution in [0, 0.1) is 20.8 Å². The predicted molar refractivity (Wildman–Crippen MR) is 105 cm³/mol. The summed E-state index contributed by atoms with van der Waals surface area (Å²) in [7, 11) is 1.66. The number of aromatic nitrogens is 4. The minimum atomic E-state index is -0.175. The quantitative estimate of drug-likeness (QED) is 0.561. The Bertz CT molecular complexity index is 1210. The molecule has 0 bridgehead atoms. The molecule has 0 atom stereocenters. The number of pyridine rings is 1. The highest BCUT2D eigenvalue weighted by Crippen LogP contribution is 2.31. The van der Waals surface area contributed by atoms with Gasteiger partial charge in [0.05, 0.1) is 24.4 Å². The molecule has 3 heterocycles. The van der Waals surface area contributed by atoms with Crippen LogP contribution < -0.4 is 10.3 Å². The second-order valence-corrected chi connectivity index (χ2v) is 6.45. The molecule has 0 amide bonds. The molecule has 0 saturated heterocycles. The third-order valence-electron chi connectivity index (χ3n) is 4.98. The lowest BCUT2D eigenvalue weighted by atomic mass is 10.1. The minimum absolute atomic E-state index is 0.175. The van der Waals surface area contributed by atoms with E-state index in [9.17, 15) is 4.79 Å². The maximum absolute atomic E-state index is 13.2. The summed E-state index contributed by atoms with van der Waals surface area (Å²) >= 11 is 0. The summed E-state index contributed by atoms with van der Waals surface area (Å²) in [6, 6.07) is 11.3. The maximum atomic E-state index is 13.2. The van der Waals surface area contributed by atoms with Gasteiger partial charge < -0.3 is 9.30 Å². The highest BCUT2D eigenvalue weighted by Gasteiger charge is 2.19. The second kappa shape index (κ2) is 6.39. The van der Waals surface area contributed by atoms with Crippen molar-refractivity contribution in [3.8, 4) is 17.3 Å². The number of fused-ring (bicyclic) bond motifs is 1. The Balaban J connectivity index is 2.03. The van der Waals surface area contributed by atoms with Crippen LogP contribution in [0.1, 0.15) is 17.0 Å². The van der Waals surface area contributed by atoms with Gasteiger partial charge in [-0.25, -0.2) is 4.98 Å². The number of benzene rings is 1. The number of aryl methyl sites for hydroxylation is 2. The number of hydrogen-bond donors (Lipinski definition) is 0.